The summed E-state index contributed by atoms with van der Waals surface area (Å²) < 4.78 is 39.7. The predicted molar refractivity (Wildman–Crippen MR) is 99.1 cm³/mol. The number of fused-ring (bicyclic) bond motifs is 1. The third-order valence-electron chi connectivity index (χ3n) is 4.07. The van der Waals surface area contributed by atoms with Gasteiger partial charge < -0.3 is 9.88 Å². The SMILES string of the molecule is Cc1ccc2c(c1)nc(-c1csc(Nc3ccc(C(F)(F)F)nc3)n1)n2C. The summed E-state index contributed by atoms with van der Waals surface area (Å²) in [6.45, 7) is 2.01. The lowest BCUT2D eigenvalue weighted by Gasteiger charge is -2.06. The Morgan fingerprint density at radius 2 is 1.93 bits per heavy atom. The second-order valence-electron chi connectivity index (χ2n) is 6.08. The maximum Gasteiger partial charge on any atom is 0.433 e. The lowest BCUT2D eigenvalue weighted by molar-refractivity contribution is -0.141. The van der Waals surface area contributed by atoms with E-state index in [9.17, 15) is 13.2 Å². The van der Waals surface area contributed by atoms with Crippen LogP contribution in [0.15, 0.2) is 41.9 Å². The molecule has 1 N–H and O–H groups in total. The van der Waals surface area contributed by atoms with Crippen LogP contribution < -0.4 is 5.32 Å². The summed E-state index contributed by atoms with van der Waals surface area (Å²) in [5, 5.41) is 5.38. The fourth-order valence-corrected chi connectivity index (χ4v) is 3.44. The van der Waals surface area contributed by atoms with E-state index in [0.717, 1.165) is 34.7 Å². The second-order valence-corrected chi connectivity index (χ2v) is 6.94. The first-order chi connectivity index (χ1) is 12.8. The molecule has 27 heavy (non-hydrogen) atoms. The minimum Gasteiger partial charge on any atom is -0.330 e. The van der Waals surface area contributed by atoms with Gasteiger partial charge in [0, 0.05) is 12.4 Å². The van der Waals surface area contributed by atoms with Gasteiger partial charge in [0.1, 0.15) is 11.4 Å². The first kappa shape index (κ1) is 17.5. The molecule has 0 saturated heterocycles. The summed E-state index contributed by atoms with van der Waals surface area (Å²) in [5.74, 6) is 0.727. The number of thiazole rings is 1. The molecule has 3 heterocycles. The highest BCUT2D eigenvalue weighted by Gasteiger charge is 2.32. The molecule has 138 valence electrons. The number of rotatable bonds is 3. The van der Waals surface area contributed by atoms with Gasteiger partial charge in [0.2, 0.25) is 0 Å². The van der Waals surface area contributed by atoms with Gasteiger partial charge in [-0.1, -0.05) is 6.07 Å². The number of nitrogens with one attached hydrogen (secondary N) is 1. The van der Waals surface area contributed by atoms with Crippen LogP contribution >= 0.6 is 11.3 Å². The highest BCUT2D eigenvalue weighted by atomic mass is 32.1. The van der Waals surface area contributed by atoms with Crippen molar-refractivity contribution in [2.24, 2.45) is 7.05 Å². The zero-order valence-corrected chi connectivity index (χ0v) is 15.2. The number of hydrogen-bond donors (Lipinski definition) is 1. The third-order valence-corrected chi connectivity index (χ3v) is 4.83. The van der Waals surface area contributed by atoms with Crippen molar-refractivity contribution in [3.8, 4) is 11.5 Å². The molecule has 4 rings (SSSR count). The summed E-state index contributed by atoms with van der Waals surface area (Å²) >= 11 is 1.35. The number of benzene rings is 1. The predicted octanol–water partition coefficient (Wildman–Crippen LogP) is 5.16. The van der Waals surface area contributed by atoms with Crippen LogP contribution in [0.3, 0.4) is 0 Å². The van der Waals surface area contributed by atoms with E-state index < -0.39 is 11.9 Å². The molecular weight excluding hydrogens is 375 g/mol. The molecule has 0 amide bonds. The monoisotopic (exact) mass is 389 g/mol. The summed E-state index contributed by atoms with van der Waals surface area (Å²) in [6, 6.07) is 8.32. The minimum absolute atomic E-state index is 0.435. The fourth-order valence-electron chi connectivity index (χ4n) is 2.73. The molecule has 0 spiro atoms. The molecule has 5 nitrogen and oxygen atoms in total. The molecule has 0 unspecified atom stereocenters. The van der Waals surface area contributed by atoms with Crippen LogP contribution in [-0.2, 0) is 13.2 Å². The van der Waals surface area contributed by atoms with Gasteiger partial charge in [-0.2, -0.15) is 13.2 Å². The Hall–Kier alpha value is -2.94. The van der Waals surface area contributed by atoms with Crippen molar-refractivity contribution >= 4 is 33.2 Å². The molecule has 9 heteroatoms. The minimum atomic E-state index is -4.45. The van der Waals surface area contributed by atoms with Gasteiger partial charge in [0.25, 0.3) is 0 Å². The maximum absolute atomic E-state index is 12.6. The fraction of sp³-hybridized carbons (Fsp3) is 0.167. The Morgan fingerprint density at radius 1 is 1.11 bits per heavy atom. The highest BCUT2D eigenvalue weighted by Crippen LogP contribution is 2.30. The molecule has 0 radical (unpaired) electrons. The number of alkyl halides is 3. The Morgan fingerprint density at radius 3 is 2.63 bits per heavy atom. The summed E-state index contributed by atoms with van der Waals surface area (Å²) in [4.78, 5) is 12.6. The molecule has 4 aromatic rings. The molecule has 0 saturated carbocycles. The highest BCUT2D eigenvalue weighted by molar-refractivity contribution is 7.14. The zero-order chi connectivity index (χ0) is 19.2. The van der Waals surface area contributed by atoms with Crippen LogP contribution in [0, 0.1) is 6.92 Å². The van der Waals surface area contributed by atoms with E-state index in [-0.39, 0.29) is 0 Å². The van der Waals surface area contributed by atoms with Crippen molar-refractivity contribution in [2.75, 3.05) is 5.32 Å². The average molecular weight is 389 g/mol. The zero-order valence-electron chi connectivity index (χ0n) is 14.4. The molecule has 0 bridgehead atoms. The quantitative estimate of drug-likeness (QED) is 0.526. The second kappa shape index (κ2) is 6.34. The molecule has 0 aliphatic carbocycles. The van der Waals surface area contributed by atoms with Crippen LogP contribution in [0.1, 0.15) is 11.3 Å². The van der Waals surface area contributed by atoms with E-state index in [1.807, 2.05) is 42.1 Å². The number of nitrogens with zero attached hydrogens (tertiary/aromatic N) is 4. The van der Waals surface area contributed by atoms with E-state index in [2.05, 4.69) is 20.3 Å². The first-order valence-electron chi connectivity index (χ1n) is 8.00. The van der Waals surface area contributed by atoms with E-state index >= 15 is 0 Å². The van der Waals surface area contributed by atoms with Crippen molar-refractivity contribution in [1.29, 1.82) is 0 Å². The number of pyridine rings is 1. The largest absolute Gasteiger partial charge is 0.433 e. The standard InChI is InChI=1S/C18H14F3N5S/c1-10-3-5-14-12(7-10)24-16(26(14)2)13-9-27-17(25-13)23-11-4-6-15(22-8-11)18(19,20)21/h3-9H,1-2H3,(H,23,25). The van der Waals surface area contributed by atoms with E-state index in [1.165, 1.54) is 17.4 Å². The lowest BCUT2D eigenvalue weighted by atomic mass is 10.2. The Labute approximate surface area is 156 Å². The maximum atomic E-state index is 12.6. The normalized spacial score (nSPS) is 11.9. The molecule has 0 aliphatic heterocycles. The number of imidazole rings is 1. The van der Waals surface area contributed by atoms with Crippen LogP contribution in [-0.4, -0.2) is 19.5 Å². The third kappa shape index (κ3) is 3.37. The van der Waals surface area contributed by atoms with Gasteiger partial charge in [0.05, 0.1) is 22.9 Å². The molecule has 0 aliphatic rings. The van der Waals surface area contributed by atoms with E-state index in [0.29, 0.717) is 16.5 Å². The Bertz CT molecular complexity index is 1110. The number of aromatic nitrogens is 4. The van der Waals surface area contributed by atoms with Crippen molar-refractivity contribution in [3.63, 3.8) is 0 Å². The van der Waals surface area contributed by atoms with Crippen LogP contribution in [0.4, 0.5) is 24.0 Å². The number of halogens is 3. The van der Waals surface area contributed by atoms with Crippen LogP contribution in [0.2, 0.25) is 0 Å². The van der Waals surface area contributed by atoms with Crippen molar-refractivity contribution < 1.29 is 13.2 Å². The number of anilines is 2. The Balaban J connectivity index is 1.60. The Kier molecular flexibility index (Phi) is 4.11. The van der Waals surface area contributed by atoms with E-state index in [4.69, 9.17) is 0 Å². The average Bonchev–Trinajstić information content (AvgIpc) is 3.19. The molecule has 1 aromatic carbocycles. The topological polar surface area (TPSA) is 55.6 Å². The molecular formula is C18H14F3N5S. The molecule has 3 aromatic heterocycles. The van der Waals surface area contributed by atoms with Crippen molar-refractivity contribution in [2.45, 2.75) is 13.1 Å². The van der Waals surface area contributed by atoms with Gasteiger partial charge in [0.15, 0.2) is 11.0 Å². The first-order valence-corrected chi connectivity index (χ1v) is 8.88. The summed E-state index contributed by atoms with van der Waals surface area (Å²) in [5.41, 5.74) is 3.22. The number of hydrogen-bond acceptors (Lipinski definition) is 5. The molecule has 0 fully saturated rings. The molecule has 0 atom stereocenters. The van der Waals surface area contributed by atoms with Gasteiger partial charge in [-0.25, -0.2) is 15.0 Å². The smallest absolute Gasteiger partial charge is 0.330 e. The number of aryl methyl sites for hydroxylation is 2. The van der Waals surface area contributed by atoms with Gasteiger partial charge in [-0.15, -0.1) is 11.3 Å². The van der Waals surface area contributed by atoms with Crippen LogP contribution in [0.5, 0.6) is 0 Å². The van der Waals surface area contributed by atoms with Crippen LogP contribution in [0.25, 0.3) is 22.6 Å². The van der Waals surface area contributed by atoms with Crippen molar-refractivity contribution in [1.82, 2.24) is 19.5 Å². The van der Waals surface area contributed by atoms with Crippen molar-refractivity contribution in [3.05, 3.63) is 53.2 Å². The van der Waals surface area contributed by atoms with Gasteiger partial charge >= 0.3 is 6.18 Å². The van der Waals surface area contributed by atoms with Gasteiger partial charge in [-0.3, -0.25) is 0 Å². The van der Waals surface area contributed by atoms with Gasteiger partial charge in [-0.05, 0) is 36.8 Å². The lowest BCUT2D eigenvalue weighted by Crippen LogP contribution is -2.07. The summed E-state index contributed by atoms with van der Waals surface area (Å²) in [6.07, 6.45) is -3.31. The summed E-state index contributed by atoms with van der Waals surface area (Å²) in [7, 11) is 1.92. The van der Waals surface area contributed by atoms with E-state index in [1.54, 1.807) is 0 Å².